The maximum absolute atomic E-state index is 13.0. The van der Waals surface area contributed by atoms with Crippen LogP contribution in [-0.4, -0.2) is 76.2 Å². The van der Waals surface area contributed by atoms with E-state index in [1.165, 1.54) is 0 Å². The topological polar surface area (TPSA) is 36.0 Å². The lowest BCUT2D eigenvalue weighted by molar-refractivity contribution is -0.0209. The van der Waals surface area contributed by atoms with Gasteiger partial charge in [-0.3, -0.25) is 4.79 Å². The van der Waals surface area contributed by atoms with E-state index in [1.54, 1.807) is 0 Å². The number of benzene rings is 1. The third-order valence-corrected chi connectivity index (χ3v) is 5.95. The lowest BCUT2D eigenvalue weighted by Crippen LogP contribution is -2.47. The van der Waals surface area contributed by atoms with Gasteiger partial charge in [-0.1, -0.05) is 6.07 Å². The van der Waals surface area contributed by atoms with Gasteiger partial charge in [0, 0.05) is 51.6 Å². The van der Waals surface area contributed by atoms with Crippen LogP contribution in [0.5, 0.6) is 0 Å². The summed E-state index contributed by atoms with van der Waals surface area (Å²) >= 11 is 0. The first-order chi connectivity index (χ1) is 11.9. The van der Waals surface area contributed by atoms with Crippen LogP contribution in [0.1, 0.15) is 23.2 Å². The van der Waals surface area contributed by atoms with Crippen molar-refractivity contribution in [2.24, 2.45) is 11.8 Å². The second-order valence-corrected chi connectivity index (χ2v) is 7.95. The minimum absolute atomic E-state index is 0.161. The zero-order chi connectivity index (χ0) is 18.1. The Labute approximate surface area is 151 Å². The van der Waals surface area contributed by atoms with Crippen molar-refractivity contribution in [1.29, 1.82) is 0 Å². The third-order valence-electron chi connectivity index (χ3n) is 5.95. The number of carbonyl (C=O) groups excluding carboxylic acids is 1. The van der Waals surface area contributed by atoms with Crippen LogP contribution in [0.3, 0.4) is 0 Å². The number of likely N-dealkylation sites (N-methyl/N-ethyl adjacent to an activating group) is 1. The smallest absolute Gasteiger partial charge is 0.253 e. The van der Waals surface area contributed by atoms with Crippen LogP contribution in [0.15, 0.2) is 24.3 Å². The highest BCUT2D eigenvalue weighted by Crippen LogP contribution is 2.39. The highest BCUT2D eigenvalue weighted by molar-refractivity contribution is 5.95. The largest absolute Gasteiger partial charge is 0.380 e. The Bertz CT molecular complexity index is 617. The number of anilines is 1. The fourth-order valence-electron chi connectivity index (χ4n) is 4.45. The molecule has 5 heteroatoms. The summed E-state index contributed by atoms with van der Waals surface area (Å²) in [7, 11) is 10.1. The molecule has 1 heterocycles. The van der Waals surface area contributed by atoms with E-state index < -0.39 is 0 Å². The van der Waals surface area contributed by atoms with E-state index >= 15 is 0 Å². The van der Waals surface area contributed by atoms with Crippen molar-refractivity contribution in [3.05, 3.63) is 29.8 Å². The SMILES string of the molecule is CO[C@@H]1C[C@H]2CN(C(=O)c3cccc(N(C)C)c3)C[C@H]2C[C@H]1N(C)C. The van der Waals surface area contributed by atoms with Gasteiger partial charge in [0.05, 0.1) is 6.10 Å². The number of ether oxygens (including phenoxy) is 1. The van der Waals surface area contributed by atoms with Gasteiger partial charge in [-0.25, -0.2) is 0 Å². The maximum atomic E-state index is 13.0. The molecular formula is C20H31N3O2. The molecule has 0 radical (unpaired) electrons. The summed E-state index contributed by atoms with van der Waals surface area (Å²) in [5.41, 5.74) is 1.85. The van der Waals surface area contributed by atoms with Crippen molar-refractivity contribution in [3.8, 4) is 0 Å². The predicted octanol–water partition coefficient (Wildman–Crippen LogP) is 2.18. The molecule has 0 N–H and O–H groups in total. The van der Waals surface area contributed by atoms with Crippen molar-refractivity contribution in [1.82, 2.24) is 9.80 Å². The molecule has 0 bridgehead atoms. The second-order valence-electron chi connectivity index (χ2n) is 7.95. The molecule has 1 saturated carbocycles. The number of hydrogen-bond donors (Lipinski definition) is 0. The average Bonchev–Trinajstić information content (AvgIpc) is 3.02. The molecule has 2 aliphatic rings. The molecule has 1 aliphatic carbocycles. The molecule has 1 amide bonds. The van der Waals surface area contributed by atoms with Gasteiger partial charge in [0.25, 0.3) is 5.91 Å². The minimum Gasteiger partial charge on any atom is -0.380 e. The highest BCUT2D eigenvalue weighted by atomic mass is 16.5. The molecular weight excluding hydrogens is 314 g/mol. The van der Waals surface area contributed by atoms with Crippen molar-refractivity contribution in [2.75, 3.05) is 53.3 Å². The Kier molecular flexibility index (Phi) is 5.35. The first-order valence-electron chi connectivity index (χ1n) is 9.16. The summed E-state index contributed by atoms with van der Waals surface area (Å²) in [5, 5.41) is 0. The van der Waals surface area contributed by atoms with Crippen molar-refractivity contribution in [3.63, 3.8) is 0 Å². The van der Waals surface area contributed by atoms with Gasteiger partial charge < -0.3 is 19.4 Å². The predicted molar refractivity (Wildman–Crippen MR) is 101 cm³/mol. The summed E-state index contributed by atoms with van der Waals surface area (Å²) in [4.78, 5) is 19.4. The number of methoxy groups -OCH3 is 1. The van der Waals surface area contributed by atoms with E-state index in [0.29, 0.717) is 17.9 Å². The summed E-state index contributed by atoms with van der Waals surface area (Å²) in [5.74, 6) is 1.30. The fraction of sp³-hybridized carbons (Fsp3) is 0.650. The zero-order valence-electron chi connectivity index (χ0n) is 16.1. The summed E-state index contributed by atoms with van der Waals surface area (Å²) in [6.45, 7) is 1.73. The molecule has 25 heavy (non-hydrogen) atoms. The second kappa shape index (κ2) is 7.34. The first-order valence-corrected chi connectivity index (χ1v) is 9.16. The van der Waals surface area contributed by atoms with Gasteiger partial charge >= 0.3 is 0 Å². The van der Waals surface area contributed by atoms with Gasteiger partial charge in [-0.2, -0.15) is 0 Å². The Morgan fingerprint density at radius 1 is 1.12 bits per heavy atom. The molecule has 2 fully saturated rings. The van der Waals surface area contributed by atoms with Crippen molar-refractivity contribution in [2.45, 2.75) is 25.0 Å². The van der Waals surface area contributed by atoms with E-state index in [0.717, 1.165) is 37.2 Å². The number of rotatable bonds is 4. The Balaban J connectivity index is 1.72. The molecule has 3 rings (SSSR count). The number of carbonyl (C=O) groups is 1. The number of nitrogens with zero attached hydrogens (tertiary/aromatic N) is 3. The van der Waals surface area contributed by atoms with Gasteiger partial charge in [0.15, 0.2) is 0 Å². The monoisotopic (exact) mass is 345 g/mol. The van der Waals surface area contributed by atoms with Crippen molar-refractivity contribution < 1.29 is 9.53 Å². The number of hydrogen-bond acceptors (Lipinski definition) is 4. The third kappa shape index (κ3) is 3.67. The Hall–Kier alpha value is -1.59. The highest BCUT2D eigenvalue weighted by Gasteiger charge is 2.44. The van der Waals surface area contributed by atoms with E-state index in [4.69, 9.17) is 4.74 Å². The molecule has 0 spiro atoms. The molecule has 0 aromatic heterocycles. The van der Waals surface area contributed by atoms with Crippen LogP contribution in [-0.2, 0) is 4.74 Å². The van der Waals surface area contributed by atoms with E-state index in [9.17, 15) is 4.79 Å². The normalized spacial score (nSPS) is 29.0. The van der Waals surface area contributed by atoms with Crippen LogP contribution in [0.25, 0.3) is 0 Å². The molecule has 1 aliphatic heterocycles. The van der Waals surface area contributed by atoms with Gasteiger partial charge in [-0.05, 0) is 57.0 Å². The van der Waals surface area contributed by atoms with Crippen LogP contribution < -0.4 is 4.90 Å². The van der Waals surface area contributed by atoms with Gasteiger partial charge in [0.1, 0.15) is 0 Å². The lowest BCUT2D eigenvalue weighted by atomic mass is 9.77. The Morgan fingerprint density at radius 3 is 2.40 bits per heavy atom. The molecule has 1 aromatic carbocycles. The first kappa shape index (κ1) is 18.2. The van der Waals surface area contributed by atoms with Crippen LogP contribution in [0, 0.1) is 11.8 Å². The van der Waals surface area contributed by atoms with Gasteiger partial charge in [0.2, 0.25) is 0 Å². The molecule has 138 valence electrons. The molecule has 4 atom stereocenters. The molecule has 1 saturated heterocycles. The Morgan fingerprint density at radius 2 is 1.80 bits per heavy atom. The van der Waals surface area contributed by atoms with Crippen LogP contribution >= 0.6 is 0 Å². The van der Waals surface area contributed by atoms with E-state index in [-0.39, 0.29) is 12.0 Å². The minimum atomic E-state index is 0.161. The number of fused-ring (bicyclic) bond motifs is 1. The number of likely N-dealkylation sites (tertiary alicyclic amines) is 1. The van der Waals surface area contributed by atoms with Crippen molar-refractivity contribution >= 4 is 11.6 Å². The zero-order valence-corrected chi connectivity index (χ0v) is 16.1. The molecule has 1 aromatic rings. The van der Waals surface area contributed by atoms with Crippen LogP contribution in [0.4, 0.5) is 5.69 Å². The summed E-state index contributed by atoms with van der Waals surface area (Å²) in [6.07, 6.45) is 2.42. The molecule has 5 nitrogen and oxygen atoms in total. The average molecular weight is 345 g/mol. The molecule has 0 unspecified atom stereocenters. The standard InChI is InChI=1S/C20H31N3O2/c1-21(2)17-8-6-7-14(9-17)20(24)23-12-15-10-18(22(3)4)19(25-5)11-16(15)13-23/h6-9,15-16,18-19H,10-13H2,1-5H3/t15-,16+,18-,19-/m1/s1. The summed E-state index contributed by atoms with van der Waals surface area (Å²) in [6, 6.07) is 8.36. The number of amides is 1. The lowest BCUT2D eigenvalue weighted by Gasteiger charge is -2.40. The fourth-order valence-corrected chi connectivity index (χ4v) is 4.45. The summed E-state index contributed by atoms with van der Waals surface area (Å²) < 4.78 is 5.75. The quantitative estimate of drug-likeness (QED) is 0.838. The van der Waals surface area contributed by atoms with E-state index in [1.807, 2.05) is 50.4 Å². The van der Waals surface area contributed by atoms with Crippen LogP contribution in [0.2, 0.25) is 0 Å². The van der Waals surface area contributed by atoms with Gasteiger partial charge in [-0.15, -0.1) is 0 Å². The maximum Gasteiger partial charge on any atom is 0.253 e. The van der Waals surface area contributed by atoms with E-state index in [2.05, 4.69) is 23.9 Å².